The van der Waals surface area contributed by atoms with Crippen molar-refractivity contribution >= 4 is 35.6 Å². The molecule has 2 fully saturated rings. The lowest BCUT2D eigenvalue weighted by Gasteiger charge is -2.18. The number of carbonyl (C=O) groups is 4. The van der Waals surface area contributed by atoms with E-state index in [-0.39, 0.29) is 62.0 Å². The third kappa shape index (κ3) is 23.4. The van der Waals surface area contributed by atoms with Gasteiger partial charge in [-0.1, -0.05) is 93.3 Å². The highest BCUT2D eigenvalue weighted by Gasteiger charge is 2.42. The Morgan fingerprint density at radius 2 is 1.46 bits per heavy atom. The van der Waals surface area contributed by atoms with Crippen LogP contribution in [0.25, 0.3) is 0 Å². The molecule has 59 heavy (non-hydrogen) atoms. The number of ether oxygens (including phenoxy) is 4. The van der Waals surface area contributed by atoms with E-state index < -0.39 is 6.10 Å². The lowest BCUT2D eigenvalue weighted by Crippen LogP contribution is -2.36. The van der Waals surface area contributed by atoms with Crippen LogP contribution in [0.15, 0.2) is 72.9 Å². The number of hydrogen-bond donors (Lipinski definition) is 3. The maximum atomic E-state index is 12.7. The highest BCUT2D eigenvalue weighted by atomic mass is 32.2. The lowest BCUT2D eigenvalue weighted by molar-refractivity contribution is -0.163. The molecule has 11 nitrogen and oxygen atoms in total. The van der Waals surface area contributed by atoms with Crippen LogP contribution in [0.4, 0.5) is 4.79 Å². The van der Waals surface area contributed by atoms with E-state index in [1.807, 2.05) is 36.0 Å². The number of amides is 3. The Labute approximate surface area is 357 Å². The van der Waals surface area contributed by atoms with Gasteiger partial charge in [-0.3, -0.25) is 14.4 Å². The van der Waals surface area contributed by atoms with Gasteiger partial charge in [-0.05, 0) is 88.3 Å². The minimum absolute atomic E-state index is 0.0439. The fraction of sp³-hybridized carbons (Fsp3) is 0.617. The van der Waals surface area contributed by atoms with Gasteiger partial charge in [0, 0.05) is 36.8 Å². The van der Waals surface area contributed by atoms with Crippen molar-refractivity contribution in [1.29, 1.82) is 0 Å². The maximum Gasteiger partial charge on any atom is 0.315 e. The Hall–Kier alpha value is -4.03. The van der Waals surface area contributed by atoms with Gasteiger partial charge in [0.05, 0.1) is 32.4 Å². The maximum absolute atomic E-state index is 12.7. The lowest BCUT2D eigenvalue weighted by atomic mass is 10.0. The van der Waals surface area contributed by atoms with Gasteiger partial charge < -0.3 is 34.9 Å². The van der Waals surface area contributed by atoms with E-state index in [0.29, 0.717) is 37.7 Å². The average Bonchev–Trinajstić information content (AvgIpc) is 3.80. The summed E-state index contributed by atoms with van der Waals surface area (Å²) < 4.78 is 22.3. The molecule has 3 amide bonds. The molecule has 2 saturated heterocycles. The molecule has 3 N–H and O–H groups in total. The number of esters is 2. The summed E-state index contributed by atoms with van der Waals surface area (Å²) in [6.07, 6.45) is 31.9. The number of allylic oxidation sites excluding steroid dienone is 8. The van der Waals surface area contributed by atoms with E-state index in [0.717, 1.165) is 74.9 Å². The molecule has 2 aliphatic rings. The normalized spacial score (nSPS) is 18.1. The molecular weight excluding hydrogens is 767 g/mol. The first-order valence-corrected chi connectivity index (χ1v) is 23.0. The minimum atomic E-state index is -0.717. The monoisotopic (exact) mass is 837 g/mol. The number of hydrogen-bond acceptors (Lipinski definition) is 9. The molecule has 1 aromatic carbocycles. The highest BCUT2D eigenvalue weighted by Crippen LogP contribution is 2.33. The predicted molar refractivity (Wildman–Crippen MR) is 237 cm³/mol. The summed E-state index contributed by atoms with van der Waals surface area (Å²) in [5.74, 6) is 1.04. The molecule has 0 aromatic heterocycles. The standard InChI is InChI=1S/C47H71N3O8S/c1-3-4-5-6-7-8-9-10-11-12-13-14-15-16-17-18-20-28-45(53)58-40(35-56-34-38-29-31-39(55-2)32-30-38)36-57-44(52)27-21-19-24-33-48-43(51)26-23-22-25-42-46-41(37-59-42)49-47(54)50-46/h7-8,10-11,13-14,16-17,29-32,40-42,46H,3-6,9,12,15,18-28,33-37H2,1-2H3,(H,48,51)(H2,49,50,54)/b8-7-,11-10-,14-13-,17-16-/t40?,41-,42-,46-/m0/s1. The van der Waals surface area contributed by atoms with Gasteiger partial charge in [0.15, 0.2) is 6.10 Å². The van der Waals surface area contributed by atoms with Gasteiger partial charge in [0.1, 0.15) is 12.4 Å². The minimum Gasteiger partial charge on any atom is -0.497 e. The SMILES string of the molecule is CCCCC/C=C\C/C=C\C/C=C\C/C=C\CCCC(=O)OC(COCc1ccc(OC)cc1)COC(=O)CCCCCNC(=O)CCCC[C@@H]1SC[C@@H]2NC(=O)N[C@@H]21. The Morgan fingerprint density at radius 1 is 0.780 bits per heavy atom. The van der Waals surface area contributed by atoms with Crippen LogP contribution in [-0.4, -0.2) is 79.9 Å². The van der Waals surface area contributed by atoms with E-state index >= 15 is 0 Å². The fourth-order valence-electron chi connectivity index (χ4n) is 6.74. The number of rotatable bonds is 33. The van der Waals surface area contributed by atoms with Gasteiger partial charge in [0.2, 0.25) is 5.91 Å². The zero-order valence-electron chi connectivity index (χ0n) is 35.7. The first-order valence-electron chi connectivity index (χ1n) is 22.0. The Bertz CT molecular complexity index is 1460. The van der Waals surface area contributed by atoms with Crippen molar-refractivity contribution in [2.24, 2.45) is 0 Å². The molecule has 1 unspecified atom stereocenters. The molecule has 0 radical (unpaired) electrons. The smallest absolute Gasteiger partial charge is 0.315 e. The summed E-state index contributed by atoms with van der Waals surface area (Å²) in [7, 11) is 1.61. The van der Waals surface area contributed by atoms with Crippen molar-refractivity contribution in [3.63, 3.8) is 0 Å². The van der Waals surface area contributed by atoms with Gasteiger partial charge >= 0.3 is 18.0 Å². The number of benzene rings is 1. The molecule has 0 aliphatic carbocycles. The number of methoxy groups -OCH3 is 1. The molecule has 1 aromatic rings. The van der Waals surface area contributed by atoms with Gasteiger partial charge in [-0.2, -0.15) is 11.8 Å². The third-order valence-electron chi connectivity index (χ3n) is 10.1. The van der Waals surface area contributed by atoms with Crippen LogP contribution in [0, 0.1) is 0 Å². The number of urea groups is 1. The van der Waals surface area contributed by atoms with E-state index in [9.17, 15) is 19.2 Å². The van der Waals surface area contributed by atoms with Crippen molar-refractivity contribution in [1.82, 2.24) is 16.0 Å². The second kappa shape index (κ2) is 31.8. The van der Waals surface area contributed by atoms with E-state index in [1.54, 1.807) is 7.11 Å². The Balaban J connectivity index is 1.25. The second-order valence-corrected chi connectivity index (χ2v) is 16.4. The van der Waals surface area contributed by atoms with Crippen LogP contribution in [0.5, 0.6) is 5.75 Å². The van der Waals surface area contributed by atoms with Crippen LogP contribution < -0.4 is 20.7 Å². The van der Waals surface area contributed by atoms with Gasteiger partial charge in [0.25, 0.3) is 0 Å². The average molecular weight is 838 g/mol. The zero-order chi connectivity index (χ0) is 42.2. The van der Waals surface area contributed by atoms with Crippen molar-refractivity contribution in [2.45, 2.75) is 153 Å². The van der Waals surface area contributed by atoms with Crippen molar-refractivity contribution in [3.8, 4) is 5.75 Å². The summed E-state index contributed by atoms with van der Waals surface area (Å²) in [6.45, 7) is 3.13. The summed E-state index contributed by atoms with van der Waals surface area (Å²) in [5.41, 5.74) is 0.943. The van der Waals surface area contributed by atoms with E-state index in [4.69, 9.17) is 18.9 Å². The molecule has 2 aliphatic heterocycles. The van der Waals surface area contributed by atoms with Crippen LogP contribution in [0.3, 0.4) is 0 Å². The fourth-order valence-corrected chi connectivity index (χ4v) is 8.28. The molecule has 0 saturated carbocycles. The summed E-state index contributed by atoms with van der Waals surface area (Å²) >= 11 is 1.89. The second-order valence-electron chi connectivity index (χ2n) is 15.2. The van der Waals surface area contributed by atoms with E-state index in [1.165, 1.54) is 25.7 Å². The van der Waals surface area contributed by atoms with Crippen molar-refractivity contribution < 1.29 is 38.1 Å². The quantitative estimate of drug-likeness (QED) is 0.0274. The third-order valence-corrected chi connectivity index (χ3v) is 11.6. The first kappa shape index (κ1) is 49.3. The summed E-state index contributed by atoms with van der Waals surface area (Å²) in [6, 6.07) is 7.88. The van der Waals surface area contributed by atoms with Crippen LogP contribution >= 0.6 is 11.8 Å². The summed E-state index contributed by atoms with van der Waals surface area (Å²) in [5, 5.41) is 9.36. The summed E-state index contributed by atoms with van der Waals surface area (Å²) in [4.78, 5) is 49.1. The van der Waals surface area contributed by atoms with Crippen molar-refractivity contribution in [3.05, 3.63) is 78.4 Å². The molecule has 328 valence electrons. The number of thioether (sulfide) groups is 1. The molecule has 12 heteroatoms. The van der Waals surface area contributed by atoms with E-state index in [2.05, 4.69) is 71.5 Å². The number of carbonyl (C=O) groups excluding carboxylic acids is 4. The largest absolute Gasteiger partial charge is 0.497 e. The topological polar surface area (TPSA) is 141 Å². The molecular formula is C47H71N3O8S. The molecule has 0 bridgehead atoms. The van der Waals surface area contributed by atoms with Crippen LogP contribution in [0.1, 0.15) is 128 Å². The Morgan fingerprint density at radius 3 is 2.17 bits per heavy atom. The number of nitrogens with one attached hydrogen (secondary N) is 3. The molecule has 2 heterocycles. The Kier molecular flexibility index (Phi) is 26.6. The van der Waals surface area contributed by atoms with Gasteiger partial charge in [-0.15, -0.1) is 0 Å². The number of unbranched alkanes of at least 4 members (excludes halogenated alkanes) is 7. The van der Waals surface area contributed by atoms with Crippen molar-refractivity contribution in [2.75, 3.05) is 32.6 Å². The number of fused-ring (bicyclic) bond motifs is 1. The van der Waals surface area contributed by atoms with Gasteiger partial charge in [-0.25, -0.2) is 4.79 Å². The predicted octanol–water partition coefficient (Wildman–Crippen LogP) is 9.21. The zero-order valence-corrected chi connectivity index (χ0v) is 36.5. The first-order chi connectivity index (χ1) is 28.9. The molecule has 4 atom stereocenters. The molecule has 3 rings (SSSR count). The molecule has 0 spiro atoms. The highest BCUT2D eigenvalue weighted by molar-refractivity contribution is 8.00. The van der Waals surface area contributed by atoms with Crippen LogP contribution in [0.2, 0.25) is 0 Å². The van der Waals surface area contributed by atoms with Crippen LogP contribution in [-0.2, 0) is 35.2 Å².